The maximum atomic E-state index is 13.1. The zero-order chi connectivity index (χ0) is 19.9. The Bertz CT molecular complexity index is 1150. The van der Waals surface area contributed by atoms with Gasteiger partial charge in [-0.25, -0.2) is 8.42 Å². The van der Waals surface area contributed by atoms with Crippen LogP contribution in [0.1, 0.15) is 39.9 Å². The van der Waals surface area contributed by atoms with Crippen LogP contribution in [-0.4, -0.2) is 31.5 Å². The van der Waals surface area contributed by atoms with Crippen LogP contribution in [-0.2, 0) is 14.6 Å². The van der Waals surface area contributed by atoms with Gasteiger partial charge in [0.2, 0.25) is 0 Å². The molecule has 0 spiro atoms. The normalized spacial score (nSPS) is 12.9. The highest BCUT2D eigenvalue weighted by molar-refractivity contribution is 7.90. The fourth-order valence-electron chi connectivity index (χ4n) is 3.08. The van der Waals surface area contributed by atoms with Crippen molar-refractivity contribution in [1.82, 2.24) is 0 Å². The summed E-state index contributed by atoms with van der Waals surface area (Å²) < 4.78 is 28.7. The number of sulfone groups is 1. The molecule has 1 unspecified atom stereocenters. The summed E-state index contributed by atoms with van der Waals surface area (Å²) in [5, 5.41) is 10.0. The maximum Gasteiger partial charge on any atom is 0.310 e. The topological polar surface area (TPSA) is 102 Å². The first-order chi connectivity index (χ1) is 12.6. The van der Waals surface area contributed by atoms with Crippen molar-refractivity contribution in [2.24, 2.45) is 0 Å². The third-order valence-electron chi connectivity index (χ3n) is 4.65. The van der Waals surface area contributed by atoms with Gasteiger partial charge < -0.3 is 9.52 Å². The molecule has 1 atom stereocenters. The molecule has 0 amide bonds. The van der Waals surface area contributed by atoms with E-state index in [2.05, 4.69) is 0 Å². The number of hydrogen-bond acceptors (Lipinski definition) is 5. The molecule has 0 radical (unpaired) electrons. The van der Waals surface area contributed by atoms with E-state index in [1.54, 1.807) is 26.0 Å². The van der Waals surface area contributed by atoms with E-state index >= 15 is 0 Å². The zero-order valence-electron chi connectivity index (χ0n) is 15.0. The summed E-state index contributed by atoms with van der Waals surface area (Å²) in [7, 11) is -3.37. The van der Waals surface area contributed by atoms with Gasteiger partial charge in [0, 0.05) is 17.2 Å². The van der Waals surface area contributed by atoms with Crippen LogP contribution in [0.5, 0.6) is 0 Å². The Morgan fingerprint density at radius 3 is 2.30 bits per heavy atom. The number of carboxylic acid groups (broad SMARTS) is 1. The summed E-state index contributed by atoms with van der Waals surface area (Å²) >= 11 is 0. The molecule has 0 fully saturated rings. The first-order valence-electron chi connectivity index (χ1n) is 8.19. The maximum absolute atomic E-state index is 13.1. The number of carbonyl (C=O) groups is 2. The fourth-order valence-corrected chi connectivity index (χ4v) is 3.71. The van der Waals surface area contributed by atoms with Crippen molar-refractivity contribution < 1.29 is 27.5 Å². The average Bonchev–Trinajstić information content (AvgIpc) is 3.07. The smallest absolute Gasteiger partial charge is 0.310 e. The van der Waals surface area contributed by atoms with E-state index in [4.69, 9.17) is 4.42 Å². The Labute approximate surface area is 156 Å². The molecular weight excluding hydrogens is 368 g/mol. The lowest BCUT2D eigenvalue weighted by molar-refractivity contribution is -0.138. The lowest BCUT2D eigenvalue weighted by Crippen LogP contribution is -2.13. The van der Waals surface area contributed by atoms with Crippen LogP contribution in [0.25, 0.3) is 11.0 Å². The van der Waals surface area contributed by atoms with Gasteiger partial charge in [0.15, 0.2) is 15.6 Å². The number of carboxylic acids is 1. The molecule has 0 saturated carbocycles. The van der Waals surface area contributed by atoms with Crippen LogP contribution in [0.4, 0.5) is 0 Å². The Kier molecular flexibility index (Phi) is 4.65. The molecule has 3 aromatic rings. The third kappa shape index (κ3) is 3.38. The molecule has 27 heavy (non-hydrogen) atoms. The van der Waals surface area contributed by atoms with Crippen LogP contribution >= 0.6 is 0 Å². The first kappa shape index (κ1) is 18.8. The van der Waals surface area contributed by atoms with Crippen LogP contribution < -0.4 is 0 Å². The second-order valence-electron chi connectivity index (χ2n) is 6.49. The highest BCUT2D eigenvalue weighted by Gasteiger charge is 2.25. The minimum absolute atomic E-state index is 0.118. The van der Waals surface area contributed by atoms with Crippen molar-refractivity contribution in [3.8, 4) is 0 Å². The number of benzene rings is 2. The van der Waals surface area contributed by atoms with E-state index in [0.29, 0.717) is 27.7 Å². The predicted octanol–water partition coefficient (Wildman–Crippen LogP) is 3.56. The van der Waals surface area contributed by atoms with Crippen LogP contribution in [0.15, 0.2) is 52.0 Å². The van der Waals surface area contributed by atoms with Crippen molar-refractivity contribution in [2.75, 3.05) is 6.26 Å². The number of aliphatic carboxylic acids is 1. The monoisotopic (exact) mass is 386 g/mol. The van der Waals surface area contributed by atoms with Gasteiger partial charge in [-0.15, -0.1) is 0 Å². The van der Waals surface area contributed by atoms with E-state index < -0.39 is 21.7 Å². The van der Waals surface area contributed by atoms with Gasteiger partial charge in [0.05, 0.1) is 22.6 Å². The molecule has 6 nitrogen and oxygen atoms in total. The van der Waals surface area contributed by atoms with E-state index in [9.17, 15) is 23.1 Å². The summed E-state index contributed by atoms with van der Waals surface area (Å²) in [5.41, 5.74) is 2.03. The van der Waals surface area contributed by atoms with Crippen LogP contribution in [0, 0.1) is 6.92 Å². The highest BCUT2D eigenvalue weighted by Crippen LogP contribution is 2.32. The van der Waals surface area contributed by atoms with Crippen molar-refractivity contribution in [3.05, 3.63) is 64.9 Å². The fraction of sp³-hybridized carbons (Fsp3) is 0.200. The molecule has 0 aliphatic rings. The van der Waals surface area contributed by atoms with Crippen LogP contribution in [0.2, 0.25) is 0 Å². The van der Waals surface area contributed by atoms with Gasteiger partial charge in [-0.3, -0.25) is 9.59 Å². The summed E-state index contributed by atoms with van der Waals surface area (Å²) in [6.45, 7) is 3.25. The Balaban J connectivity index is 2.18. The summed E-state index contributed by atoms with van der Waals surface area (Å²) in [6.07, 6.45) is 2.54. The molecule has 3 rings (SSSR count). The highest BCUT2D eigenvalue weighted by atomic mass is 32.2. The van der Waals surface area contributed by atoms with Gasteiger partial charge in [-0.2, -0.15) is 0 Å². The number of carbonyl (C=O) groups excluding carboxylic acids is 1. The molecule has 1 heterocycles. The van der Waals surface area contributed by atoms with Gasteiger partial charge in [0.1, 0.15) is 5.58 Å². The number of rotatable bonds is 5. The summed E-state index contributed by atoms with van der Waals surface area (Å²) in [6, 6.07) is 9.04. The molecular formula is C20H18O6S. The average molecular weight is 386 g/mol. The third-order valence-corrected chi connectivity index (χ3v) is 5.78. The molecule has 1 N–H and O–H groups in total. The van der Waals surface area contributed by atoms with Crippen LogP contribution in [0.3, 0.4) is 0 Å². The molecule has 0 aliphatic carbocycles. The van der Waals surface area contributed by atoms with E-state index in [1.807, 2.05) is 0 Å². The summed E-state index contributed by atoms with van der Waals surface area (Å²) in [5.74, 6) is -2.13. The second kappa shape index (κ2) is 6.66. The minimum Gasteiger partial charge on any atom is -0.481 e. The molecule has 140 valence electrons. The van der Waals surface area contributed by atoms with E-state index in [-0.39, 0.29) is 16.2 Å². The lowest BCUT2D eigenvalue weighted by Gasteiger charge is -2.15. The molecule has 0 bridgehead atoms. The molecule has 0 aliphatic heterocycles. The minimum atomic E-state index is -3.37. The van der Waals surface area contributed by atoms with E-state index in [1.165, 1.54) is 30.5 Å². The quantitative estimate of drug-likeness (QED) is 0.673. The first-order valence-corrected chi connectivity index (χ1v) is 10.1. The molecule has 1 aromatic heterocycles. The molecule has 7 heteroatoms. The molecule has 2 aromatic carbocycles. The van der Waals surface area contributed by atoms with Crippen molar-refractivity contribution in [2.45, 2.75) is 24.7 Å². The Morgan fingerprint density at radius 1 is 1.11 bits per heavy atom. The lowest BCUT2D eigenvalue weighted by atomic mass is 9.88. The number of hydrogen-bond donors (Lipinski definition) is 1. The van der Waals surface area contributed by atoms with Crippen molar-refractivity contribution in [3.63, 3.8) is 0 Å². The summed E-state index contributed by atoms with van der Waals surface area (Å²) in [4.78, 5) is 24.7. The largest absolute Gasteiger partial charge is 0.481 e. The van der Waals surface area contributed by atoms with Gasteiger partial charge in [0.25, 0.3) is 0 Å². The van der Waals surface area contributed by atoms with Gasteiger partial charge in [-0.1, -0.05) is 0 Å². The van der Waals surface area contributed by atoms with E-state index in [0.717, 1.165) is 6.26 Å². The second-order valence-corrected chi connectivity index (χ2v) is 8.51. The predicted molar refractivity (Wildman–Crippen MR) is 100.0 cm³/mol. The van der Waals surface area contributed by atoms with Gasteiger partial charge in [-0.05, 0) is 61.4 Å². The van der Waals surface area contributed by atoms with Gasteiger partial charge >= 0.3 is 5.97 Å². The Morgan fingerprint density at radius 2 is 1.74 bits per heavy atom. The number of furan rings is 1. The van der Waals surface area contributed by atoms with Crippen molar-refractivity contribution >= 4 is 32.6 Å². The number of ketones is 1. The standard InChI is InChI=1S/C20H18O6S/c1-11-16(12(2)20(22)23)10-14-8-9-26-19(14)17(11)18(21)13-4-6-15(7-5-13)27(3,24)25/h4-10,12H,1-3H3,(H,22,23). The van der Waals surface area contributed by atoms with Crippen molar-refractivity contribution in [1.29, 1.82) is 0 Å². The number of fused-ring (bicyclic) bond motifs is 1. The zero-order valence-corrected chi connectivity index (χ0v) is 15.8. The Hall–Kier alpha value is -2.93. The molecule has 0 saturated heterocycles. The SMILES string of the molecule is Cc1c(C(C)C(=O)O)cc2ccoc2c1C(=O)c1ccc(S(C)(=O)=O)cc1.